The van der Waals surface area contributed by atoms with Crippen molar-refractivity contribution in [1.82, 2.24) is 9.38 Å². The summed E-state index contributed by atoms with van der Waals surface area (Å²) in [5, 5.41) is 0. The average Bonchev–Trinajstić information content (AvgIpc) is 2.65. The number of aromatic nitrogens is 2. The van der Waals surface area contributed by atoms with Crippen LogP contribution in [0.3, 0.4) is 0 Å². The van der Waals surface area contributed by atoms with Crippen molar-refractivity contribution in [3.8, 4) is 0 Å². The molecule has 2 N–H and O–H groups in total. The van der Waals surface area contributed by atoms with Crippen LogP contribution in [0.1, 0.15) is 16.3 Å². The van der Waals surface area contributed by atoms with E-state index in [1.807, 2.05) is 41.7 Å². The van der Waals surface area contributed by atoms with Crippen LogP contribution in [-0.4, -0.2) is 29.8 Å². The molecule has 0 saturated carbocycles. The first kappa shape index (κ1) is 10.6. The zero-order valence-electron chi connectivity index (χ0n) is 9.34. The second-order valence-electron chi connectivity index (χ2n) is 3.77. The highest BCUT2D eigenvalue weighted by Gasteiger charge is 2.10. The molecular formula is C11H14N4O. The molecule has 2 aromatic heterocycles. The molecule has 84 valence electrons. The zero-order valence-corrected chi connectivity index (χ0v) is 9.34. The summed E-state index contributed by atoms with van der Waals surface area (Å²) in [5.74, 6) is 0.697. The van der Waals surface area contributed by atoms with Gasteiger partial charge < -0.3 is 15.0 Å². The summed E-state index contributed by atoms with van der Waals surface area (Å²) in [4.78, 5) is 17.1. The molecule has 0 saturated heterocycles. The molecule has 0 radical (unpaired) electrons. The molecule has 5 nitrogen and oxygen atoms in total. The van der Waals surface area contributed by atoms with Crippen molar-refractivity contribution in [2.24, 2.45) is 5.73 Å². The predicted octanol–water partition coefficient (Wildman–Crippen LogP) is 0.671. The van der Waals surface area contributed by atoms with Crippen LogP contribution < -0.4 is 10.6 Å². The highest BCUT2D eigenvalue weighted by molar-refractivity contribution is 5.85. The van der Waals surface area contributed by atoms with Gasteiger partial charge in [0.1, 0.15) is 11.5 Å². The van der Waals surface area contributed by atoms with Crippen LogP contribution >= 0.6 is 0 Å². The number of nitrogens with zero attached hydrogens (tertiary/aromatic N) is 3. The van der Waals surface area contributed by atoms with E-state index in [9.17, 15) is 4.79 Å². The Morgan fingerprint density at radius 2 is 2.31 bits per heavy atom. The molecule has 0 unspecified atom stereocenters. The van der Waals surface area contributed by atoms with E-state index in [-0.39, 0.29) is 0 Å². The van der Waals surface area contributed by atoms with Gasteiger partial charge in [0.15, 0.2) is 6.29 Å². The summed E-state index contributed by atoms with van der Waals surface area (Å²) < 4.78 is 1.84. The van der Waals surface area contributed by atoms with Gasteiger partial charge in [-0.2, -0.15) is 0 Å². The van der Waals surface area contributed by atoms with Crippen molar-refractivity contribution >= 4 is 17.5 Å². The number of carbonyl (C=O) groups excluding carboxylic acids is 1. The van der Waals surface area contributed by atoms with Crippen LogP contribution in [0.25, 0.3) is 5.52 Å². The van der Waals surface area contributed by atoms with E-state index in [2.05, 4.69) is 4.98 Å². The van der Waals surface area contributed by atoms with Crippen LogP contribution in [0.5, 0.6) is 0 Å². The molecule has 0 aliphatic rings. The Morgan fingerprint density at radius 3 is 2.88 bits per heavy atom. The molecule has 0 bridgehead atoms. The SMILES string of the molecule is CN(C)c1ccn2c(CN)nc(C=O)c2c1. The second-order valence-corrected chi connectivity index (χ2v) is 3.77. The first-order valence-electron chi connectivity index (χ1n) is 5.01. The van der Waals surface area contributed by atoms with Crippen molar-refractivity contribution in [2.75, 3.05) is 19.0 Å². The normalized spacial score (nSPS) is 10.7. The Balaban J connectivity index is 2.71. The average molecular weight is 218 g/mol. The summed E-state index contributed by atoms with van der Waals surface area (Å²) in [6.07, 6.45) is 2.64. The van der Waals surface area contributed by atoms with Crippen LogP contribution in [0, 0.1) is 0 Å². The number of anilines is 1. The largest absolute Gasteiger partial charge is 0.378 e. The first-order chi connectivity index (χ1) is 7.67. The van der Waals surface area contributed by atoms with Gasteiger partial charge in [-0.05, 0) is 12.1 Å². The predicted molar refractivity (Wildman–Crippen MR) is 62.8 cm³/mol. The lowest BCUT2D eigenvalue weighted by Gasteiger charge is -2.12. The Morgan fingerprint density at radius 1 is 1.56 bits per heavy atom. The molecular weight excluding hydrogens is 204 g/mol. The molecule has 5 heteroatoms. The molecule has 2 rings (SSSR count). The summed E-state index contributed by atoms with van der Waals surface area (Å²) in [7, 11) is 3.90. The molecule has 0 fully saturated rings. The Hall–Kier alpha value is -1.88. The van der Waals surface area contributed by atoms with Crippen LogP contribution in [-0.2, 0) is 6.54 Å². The maximum atomic E-state index is 10.9. The molecule has 2 heterocycles. The van der Waals surface area contributed by atoms with E-state index >= 15 is 0 Å². The van der Waals surface area contributed by atoms with Crippen molar-refractivity contribution in [3.05, 3.63) is 29.8 Å². The van der Waals surface area contributed by atoms with E-state index in [0.29, 0.717) is 18.1 Å². The third-order valence-electron chi connectivity index (χ3n) is 2.54. The number of hydrogen-bond donors (Lipinski definition) is 1. The van der Waals surface area contributed by atoms with Crippen LogP contribution in [0.15, 0.2) is 18.3 Å². The van der Waals surface area contributed by atoms with Crippen molar-refractivity contribution in [1.29, 1.82) is 0 Å². The highest BCUT2D eigenvalue weighted by atomic mass is 16.1. The molecule has 2 aromatic rings. The van der Waals surface area contributed by atoms with E-state index in [0.717, 1.165) is 17.5 Å². The van der Waals surface area contributed by atoms with Gasteiger partial charge >= 0.3 is 0 Å². The van der Waals surface area contributed by atoms with Gasteiger partial charge in [-0.15, -0.1) is 0 Å². The lowest BCUT2D eigenvalue weighted by atomic mass is 10.3. The van der Waals surface area contributed by atoms with Gasteiger partial charge in [-0.3, -0.25) is 4.79 Å². The summed E-state index contributed by atoms with van der Waals surface area (Å²) in [6, 6.07) is 3.89. The van der Waals surface area contributed by atoms with Gasteiger partial charge in [-0.1, -0.05) is 0 Å². The number of aldehydes is 1. The fourth-order valence-electron chi connectivity index (χ4n) is 1.67. The van der Waals surface area contributed by atoms with Gasteiger partial charge in [0.2, 0.25) is 0 Å². The van der Waals surface area contributed by atoms with E-state index < -0.39 is 0 Å². The fraction of sp³-hybridized carbons (Fsp3) is 0.273. The molecule has 0 aliphatic heterocycles. The number of nitrogens with two attached hydrogens (primary N) is 1. The Kier molecular flexibility index (Phi) is 2.62. The maximum absolute atomic E-state index is 10.9. The van der Waals surface area contributed by atoms with E-state index in [1.165, 1.54) is 0 Å². The van der Waals surface area contributed by atoms with Crippen molar-refractivity contribution in [2.45, 2.75) is 6.54 Å². The lowest BCUT2D eigenvalue weighted by molar-refractivity contribution is 0.112. The Labute approximate surface area is 93.5 Å². The van der Waals surface area contributed by atoms with Crippen LogP contribution in [0.2, 0.25) is 0 Å². The number of pyridine rings is 1. The Bertz CT molecular complexity index is 530. The van der Waals surface area contributed by atoms with E-state index in [1.54, 1.807) is 0 Å². The third-order valence-corrected chi connectivity index (χ3v) is 2.54. The third kappa shape index (κ3) is 1.55. The number of carbonyl (C=O) groups is 1. The quantitative estimate of drug-likeness (QED) is 0.769. The maximum Gasteiger partial charge on any atom is 0.170 e. The summed E-state index contributed by atoms with van der Waals surface area (Å²) in [5.41, 5.74) is 7.83. The topological polar surface area (TPSA) is 63.6 Å². The minimum Gasteiger partial charge on any atom is -0.378 e. The standard InChI is InChI=1S/C11H14N4O/c1-14(2)8-3-4-15-10(5-8)9(7-16)13-11(15)6-12/h3-5,7H,6,12H2,1-2H3. The molecule has 0 spiro atoms. The molecule has 0 atom stereocenters. The fourth-order valence-corrected chi connectivity index (χ4v) is 1.67. The van der Waals surface area contributed by atoms with Gasteiger partial charge in [0.25, 0.3) is 0 Å². The lowest BCUT2D eigenvalue weighted by Crippen LogP contribution is -2.09. The summed E-state index contributed by atoms with van der Waals surface area (Å²) in [6.45, 7) is 0.316. The number of hydrogen-bond acceptors (Lipinski definition) is 4. The molecule has 16 heavy (non-hydrogen) atoms. The van der Waals surface area contributed by atoms with Gasteiger partial charge in [0, 0.05) is 26.0 Å². The number of rotatable bonds is 3. The minimum atomic E-state index is 0.316. The molecule has 0 aromatic carbocycles. The number of imidazole rings is 1. The van der Waals surface area contributed by atoms with Gasteiger partial charge in [-0.25, -0.2) is 4.98 Å². The molecule has 0 amide bonds. The molecule has 0 aliphatic carbocycles. The smallest absolute Gasteiger partial charge is 0.170 e. The summed E-state index contributed by atoms with van der Waals surface area (Å²) >= 11 is 0. The second kappa shape index (κ2) is 3.94. The first-order valence-corrected chi connectivity index (χ1v) is 5.01. The van der Waals surface area contributed by atoms with Gasteiger partial charge in [0.05, 0.1) is 12.1 Å². The monoisotopic (exact) mass is 218 g/mol. The zero-order chi connectivity index (χ0) is 11.7. The highest BCUT2D eigenvalue weighted by Crippen LogP contribution is 2.18. The van der Waals surface area contributed by atoms with Crippen molar-refractivity contribution in [3.63, 3.8) is 0 Å². The van der Waals surface area contributed by atoms with E-state index in [4.69, 9.17) is 5.73 Å². The minimum absolute atomic E-state index is 0.316. The number of fused-ring (bicyclic) bond motifs is 1. The van der Waals surface area contributed by atoms with Crippen molar-refractivity contribution < 1.29 is 4.79 Å². The van der Waals surface area contributed by atoms with Crippen LogP contribution in [0.4, 0.5) is 5.69 Å².